The van der Waals surface area contributed by atoms with Crippen molar-refractivity contribution in [2.45, 2.75) is 51.1 Å². The molecule has 100 valence electrons. The maximum Gasteiger partial charge on any atom is 0.433 e. The maximum atomic E-state index is 12.7. The maximum absolute atomic E-state index is 12.7. The van der Waals surface area contributed by atoms with E-state index in [1.807, 2.05) is 0 Å². The standard InChI is InChI=1S/C14H18F3N/c1-10(2)13(8-3-4-9-13)11-6-5-7-12(18-11)14(15,16)17/h5-7,10H,3-4,8-9H2,1-2H3. The topological polar surface area (TPSA) is 12.9 Å². The SMILES string of the molecule is CC(C)C1(c2cccc(C(F)(F)F)n2)CCCC1. The Balaban J connectivity index is 2.44. The van der Waals surface area contributed by atoms with Crippen molar-refractivity contribution in [2.24, 2.45) is 5.92 Å². The number of halogens is 3. The second kappa shape index (κ2) is 4.56. The quantitative estimate of drug-likeness (QED) is 0.756. The van der Waals surface area contributed by atoms with Crippen LogP contribution in [0.5, 0.6) is 0 Å². The molecular formula is C14H18F3N. The first-order chi connectivity index (χ1) is 8.36. The van der Waals surface area contributed by atoms with Crippen LogP contribution < -0.4 is 0 Å². The van der Waals surface area contributed by atoms with Gasteiger partial charge in [-0.05, 0) is 30.9 Å². The number of hydrogen-bond donors (Lipinski definition) is 0. The van der Waals surface area contributed by atoms with Crippen LogP contribution in [0.2, 0.25) is 0 Å². The van der Waals surface area contributed by atoms with E-state index in [0.29, 0.717) is 11.6 Å². The summed E-state index contributed by atoms with van der Waals surface area (Å²) in [6.07, 6.45) is -0.309. The van der Waals surface area contributed by atoms with E-state index >= 15 is 0 Å². The molecule has 0 atom stereocenters. The molecule has 1 aromatic heterocycles. The normalized spacial score (nSPS) is 19.4. The van der Waals surface area contributed by atoms with Crippen molar-refractivity contribution in [3.63, 3.8) is 0 Å². The highest BCUT2D eigenvalue weighted by molar-refractivity contribution is 5.23. The van der Waals surface area contributed by atoms with Gasteiger partial charge in [0.1, 0.15) is 5.69 Å². The van der Waals surface area contributed by atoms with E-state index in [4.69, 9.17) is 0 Å². The highest BCUT2D eigenvalue weighted by Gasteiger charge is 2.41. The average molecular weight is 257 g/mol. The first-order valence-electron chi connectivity index (χ1n) is 6.41. The van der Waals surface area contributed by atoms with Crippen LogP contribution in [0.4, 0.5) is 13.2 Å². The van der Waals surface area contributed by atoms with E-state index in [1.165, 1.54) is 6.07 Å². The van der Waals surface area contributed by atoms with Crippen molar-refractivity contribution >= 4 is 0 Å². The lowest BCUT2D eigenvalue weighted by atomic mass is 9.73. The molecule has 1 heterocycles. The van der Waals surface area contributed by atoms with E-state index in [0.717, 1.165) is 31.7 Å². The molecule has 1 aliphatic carbocycles. The molecule has 1 nitrogen and oxygen atoms in total. The number of hydrogen-bond acceptors (Lipinski definition) is 1. The summed E-state index contributed by atoms with van der Waals surface area (Å²) in [5.41, 5.74) is -0.321. The number of alkyl halides is 3. The molecule has 0 aliphatic heterocycles. The summed E-state index contributed by atoms with van der Waals surface area (Å²) in [5, 5.41) is 0. The third kappa shape index (κ3) is 2.25. The molecule has 0 spiro atoms. The van der Waals surface area contributed by atoms with E-state index < -0.39 is 11.9 Å². The third-order valence-corrected chi connectivity index (χ3v) is 4.15. The van der Waals surface area contributed by atoms with Crippen LogP contribution in [0, 0.1) is 5.92 Å². The molecule has 1 aliphatic rings. The van der Waals surface area contributed by atoms with Crippen LogP contribution in [0.3, 0.4) is 0 Å². The van der Waals surface area contributed by atoms with Gasteiger partial charge in [-0.3, -0.25) is 0 Å². The molecule has 0 aromatic carbocycles. The summed E-state index contributed by atoms with van der Waals surface area (Å²) in [7, 11) is 0. The first-order valence-corrected chi connectivity index (χ1v) is 6.41. The average Bonchev–Trinajstić information content (AvgIpc) is 2.78. The molecule has 1 fully saturated rings. The van der Waals surface area contributed by atoms with Gasteiger partial charge in [-0.15, -0.1) is 0 Å². The van der Waals surface area contributed by atoms with E-state index in [9.17, 15) is 13.2 Å². The zero-order valence-electron chi connectivity index (χ0n) is 10.7. The van der Waals surface area contributed by atoms with Crippen molar-refractivity contribution in [1.29, 1.82) is 0 Å². The number of rotatable bonds is 2. The smallest absolute Gasteiger partial charge is 0.248 e. The van der Waals surface area contributed by atoms with Crippen molar-refractivity contribution in [3.05, 3.63) is 29.6 Å². The van der Waals surface area contributed by atoms with Gasteiger partial charge >= 0.3 is 6.18 Å². The third-order valence-electron chi connectivity index (χ3n) is 4.15. The molecule has 0 bridgehead atoms. The van der Waals surface area contributed by atoms with Gasteiger partial charge < -0.3 is 0 Å². The molecule has 0 amide bonds. The van der Waals surface area contributed by atoms with Crippen molar-refractivity contribution in [1.82, 2.24) is 4.98 Å². The molecule has 18 heavy (non-hydrogen) atoms. The largest absolute Gasteiger partial charge is 0.433 e. The molecule has 1 aromatic rings. The lowest BCUT2D eigenvalue weighted by Gasteiger charge is -2.33. The van der Waals surface area contributed by atoms with E-state index in [1.54, 1.807) is 6.07 Å². The minimum Gasteiger partial charge on any atom is -0.248 e. The highest BCUT2D eigenvalue weighted by atomic mass is 19.4. The predicted octanol–water partition coefficient (Wildman–Crippen LogP) is 4.57. The summed E-state index contributed by atoms with van der Waals surface area (Å²) < 4.78 is 38.2. The molecular weight excluding hydrogens is 239 g/mol. The Labute approximate surface area is 105 Å². The van der Waals surface area contributed by atoms with Crippen molar-refractivity contribution in [3.8, 4) is 0 Å². The van der Waals surface area contributed by atoms with Gasteiger partial charge in [0, 0.05) is 11.1 Å². The zero-order chi connectivity index (χ0) is 13.4. The Morgan fingerprint density at radius 2 is 1.78 bits per heavy atom. The lowest BCUT2D eigenvalue weighted by Crippen LogP contribution is -2.30. The van der Waals surface area contributed by atoms with Gasteiger partial charge in [-0.25, -0.2) is 4.98 Å². The molecule has 2 rings (SSSR count). The van der Waals surface area contributed by atoms with Crippen LogP contribution in [0.15, 0.2) is 18.2 Å². The number of nitrogens with zero attached hydrogens (tertiary/aromatic N) is 1. The molecule has 0 N–H and O–H groups in total. The van der Waals surface area contributed by atoms with Gasteiger partial charge in [0.05, 0.1) is 0 Å². The second-order valence-electron chi connectivity index (χ2n) is 5.42. The minimum absolute atomic E-state index is 0.165. The van der Waals surface area contributed by atoms with Gasteiger partial charge in [0.25, 0.3) is 0 Å². The molecule has 1 saturated carbocycles. The number of pyridine rings is 1. The van der Waals surface area contributed by atoms with E-state index in [-0.39, 0.29) is 5.41 Å². The fraction of sp³-hybridized carbons (Fsp3) is 0.643. The first kappa shape index (κ1) is 13.4. The molecule has 0 saturated heterocycles. The Morgan fingerprint density at radius 1 is 1.17 bits per heavy atom. The van der Waals surface area contributed by atoms with Crippen molar-refractivity contribution in [2.75, 3.05) is 0 Å². The zero-order valence-corrected chi connectivity index (χ0v) is 10.7. The van der Waals surface area contributed by atoms with Crippen molar-refractivity contribution < 1.29 is 13.2 Å². The van der Waals surface area contributed by atoms with Gasteiger partial charge in [-0.2, -0.15) is 13.2 Å². The molecule has 0 unspecified atom stereocenters. The second-order valence-corrected chi connectivity index (χ2v) is 5.42. The Bertz CT molecular complexity index is 417. The molecule has 4 heteroatoms. The minimum atomic E-state index is -4.35. The highest BCUT2D eigenvalue weighted by Crippen LogP contribution is 2.46. The predicted molar refractivity (Wildman–Crippen MR) is 64.2 cm³/mol. The lowest BCUT2D eigenvalue weighted by molar-refractivity contribution is -0.141. The summed E-state index contributed by atoms with van der Waals surface area (Å²) >= 11 is 0. The summed E-state index contributed by atoms with van der Waals surface area (Å²) in [4.78, 5) is 3.89. The monoisotopic (exact) mass is 257 g/mol. The van der Waals surface area contributed by atoms with Crippen LogP contribution in [0.25, 0.3) is 0 Å². The summed E-state index contributed by atoms with van der Waals surface area (Å²) in [5.74, 6) is 0.316. The molecule has 0 radical (unpaired) electrons. The van der Waals surface area contributed by atoms with Gasteiger partial charge in [0.2, 0.25) is 0 Å². The summed E-state index contributed by atoms with van der Waals surface area (Å²) in [6.45, 7) is 4.15. The van der Waals surface area contributed by atoms with Gasteiger partial charge in [-0.1, -0.05) is 32.8 Å². The Kier molecular flexibility index (Phi) is 3.39. The van der Waals surface area contributed by atoms with Crippen LogP contribution in [-0.4, -0.2) is 4.98 Å². The van der Waals surface area contributed by atoms with Crippen LogP contribution in [-0.2, 0) is 11.6 Å². The van der Waals surface area contributed by atoms with Crippen LogP contribution >= 0.6 is 0 Å². The number of aromatic nitrogens is 1. The van der Waals surface area contributed by atoms with Gasteiger partial charge in [0.15, 0.2) is 0 Å². The Morgan fingerprint density at radius 3 is 2.28 bits per heavy atom. The Hall–Kier alpha value is -1.06. The fourth-order valence-corrected chi connectivity index (χ4v) is 3.01. The summed E-state index contributed by atoms with van der Waals surface area (Å²) in [6, 6.07) is 4.28. The van der Waals surface area contributed by atoms with Crippen LogP contribution in [0.1, 0.15) is 50.9 Å². The van der Waals surface area contributed by atoms with E-state index in [2.05, 4.69) is 18.8 Å². The fourth-order valence-electron chi connectivity index (χ4n) is 3.01.